The summed E-state index contributed by atoms with van der Waals surface area (Å²) in [6.07, 6.45) is 4.87. The van der Waals surface area contributed by atoms with Crippen LogP contribution < -0.4 is 5.56 Å². The minimum Gasteiger partial charge on any atom is -0.356 e. The normalized spacial score (nSPS) is 17.1. The van der Waals surface area contributed by atoms with Crippen LogP contribution >= 0.6 is 0 Å². The number of hydrogen-bond donors (Lipinski definition) is 1. The van der Waals surface area contributed by atoms with Gasteiger partial charge in [0.1, 0.15) is 13.8 Å². The van der Waals surface area contributed by atoms with Crippen molar-refractivity contribution in [3.05, 3.63) is 40.4 Å². The highest BCUT2D eigenvalue weighted by molar-refractivity contribution is 6.90. The molecule has 6 nitrogen and oxygen atoms in total. The maximum Gasteiger partial charge on any atom is 0.274 e. The zero-order valence-corrected chi connectivity index (χ0v) is 22.6. The Morgan fingerprint density at radius 1 is 1.12 bits per heavy atom. The molecule has 0 bridgehead atoms. The maximum absolute atomic E-state index is 12.6. The van der Waals surface area contributed by atoms with Gasteiger partial charge in [0, 0.05) is 25.2 Å². The van der Waals surface area contributed by atoms with E-state index in [1.807, 2.05) is 10.7 Å². The van der Waals surface area contributed by atoms with Gasteiger partial charge in [0.15, 0.2) is 6.23 Å². The van der Waals surface area contributed by atoms with Gasteiger partial charge in [-0.2, -0.15) is 5.10 Å². The van der Waals surface area contributed by atoms with E-state index >= 15 is 0 Å². The molecule has 0 aliphatic carbocycles. The van der Waals surface area contributed by atoms with Gasteiger partial charge >= 0.3 is 0 Å². The van der Waals surface area contributed by atoms with Crippen LogP contribution in [0, 0.1) is 11.5 Å². The Balaban J connectivity index is 1.91. The zero-order chi connectivity index (χ0) is 24.6. The van der Waals surface area contributed by atoms with Crippen LogP contribution in [0.3, 0.4) is 0 Å². The first-order chi connectivity index (χ1) is 16.2. The summed E-state index contributed by atoms with van der Waals surface area (Å²) in [7, 11) is -0.181. The molecule has 3 aromatic rings. The lowest BCUT2D eigenvalue weighted by Crippen LogP contribution is -2.43. The van der Waals surface area contributed by atoms with E-state index in [9.17, 15) is 4.79 Å². The molecule has 0 spiro atoms. The van der Waals surface area contributed by atoms with E-state index in [4.69, 9.17) is 9.84 Å². The Hall–Kier alpha value is -2.56. The first-order valence-corrected chi connectivity index (χ1v) is 14.8. The maximum atomic E-state index is 12.6. The molecular weight excluding hydrogens is 440 g/mol. The first kappa shape index (κ1) is 24.6. The minimum atomic E-state index is -1.91. The number of aryl methyl sites for hydroxylation is 1. The van der Waals surface area contributed by atoms with Gasteiger partial charge in [0.25, 0.3) is 5.56 Å². The lowest BCUT2D eigenvalue weighted by molar-refractivity contribution is -0.0367. The number of nitrogens with one attached hydrogen (secondary N) is 1. The molecule has 182 valence electrons. The Kier molecular flexibility index (Phi) is 6.93. The molecule has 0 radical (unpaired) electrons. The fraction of sp³-hybridized carbons (Fsp3) is 0.556. The Morgan fingerprint density at radius 3 is 2.38 bits per heavy atom. The second kappa shape index (κ2) is 9.59. The summed E-state index contributed by atoms with van der Waals surface area (Å²) in [5.41, 5.74) is 8.77. The molecule has 1 atom stereocenters. The predicted octanol–water partition coefficient (Wildman–Crippen LogP) is 6.00. The summed E-state index contributed by atoms with van der Waals surface area (Å²) in [5.74, 6) is 3.56. The average Bonchev–Trinajstić information content (AvgIpc) is 3.33. The Morgan fingerprint density at radius 2 is 1.82 bits per heavy atom. The second-order valence-electron chi connectivity index (χ2n) is 10.5. The molecule has 1 aromatic carbocycles. The Labute approximate surface area is 203 Å². The molecule has 1 aliphatic rings. The van der Waals surface area contributed by atoms with Crippen molar-refractivity contribution in [2.75, 3.05) is 6.61 Å². The van der Waals surface area contributed by atoms with Crippen molar-refractivity contribution < 1.29 is 4.74 Å². The van der Waals surface area contributed by atoms with Crippen molar-refractivity contribution in [1.82, 2.24) is 19.6 Å². The van der Waals surface area contributed by atoms with E-state index in [0.29, 0.717) is 22.2 Å². The van der Waals surface area contributed by atoms with Crippen molar-refractivity contribution in [2.45, 2.75) is 83.7 Å². The summed E-state index contributed by atoms with van der Waals surface area (Å²) >= 11 is 0. The highest BCUT2D eigenvalue weighted by Crippen LogP contribution is 2.41. The number of aromatic amines is 1. The average molecular weight is 479 g/mol. The highest BCUT2D eigenvalue weighted by Gasteiger charge is 2.41. The second-order valence-corrected chi connectivity index (χ2v) is 16.1. The first-order valence-electron chi connectivity index (χ1n) is 12.6. The van der Waals surface area contributed by atoms with E-state index in [1.165, 1.54) is 4.68 Å². The molecule has 1 unspecified atom stereocenters. The number of nitrogens with zero attached hydrogens (tertiary/aromatic N) is 3. The number of H-pyrrole nitrogens is 1. The SMILES string of the molecule is CC(C)[Si](C#Cc1nn(C2CCCCO2)c2ccc(-c3c[nH]n(C)c3=O)cc12)(C(C)C)C(C)C. The fourth-order valence-corrected chi connectivity index (χ4v) is 11.0. The van der Waals surface area contributed by atoms with Gasteiger partial charge < -0.3 is 9.84 Å². The molecule has 0 saturated carbocycles. The van der Waals surface area contributed by atoms with Crippen LogP contribution in [0.15, 0.2) is 29.2 Å². The van der Waals surface area contributed by atoms with Crippen molar-refractivity contribution in [3.8, 4) is 22.6 Å². The van der Waals surface area contributed by atoms with Gasteiger partial charge in [-0.1, -0.05) is 53.5 Å². The van der Waals surface area contributed by atoms with Gasteiger partial charge in [-0.25, -0.2) is 4.68 Å². The molecule has 34 heavy (non-hydrogen) atoms. The predicted molar refractivity (Wildman–Crippen MR) is 142 cm³/mol. The van der Waals surface area contributed by atoms with E-state index < -0.39 is 8.07 Å². The number of benzene rings is 1. The van der Waals surface area contributed by atoms with Crippen molar-refractivity contribution in [2.24, 2.45) is 7.05 Å². The van der Waals surface area contributed by atoms with Crippen LogP contribution in [0.25, 0.3) is 22.0 Å². The molecule has 7 heteroatoms. The van der Waals surface area contributed by atoms with E-state index in [-0.39, 0.29) is 11.8 Å². The summed E-state index contributed by atoms with van der Waals surface area (Å²) < 4.78 is 9.59. The number of ether oxygens (including phenoxy) is 1. The lowest BCUT2D eigenvalue weighted by Gasteiger charge is -2.38. The van der Waals surface area contributed by atoms with Crippen LogP contribution in [0.4, 0.5) is 0 Å². The third kappa shape index (κ3) is 4.18. The van der Waals surface area contributed by atoms with Gasteiger partial charge in [0.2, 0.25) is 0 Å². The summed E-state index contributed by atoms with van der Waals surface area (Å²) in [5, 5.41) is 8.97. The highest BCUT2D eigenvalue weighted by atomic mass is 28.3. The molecular formula is C27H38N4O2Si. The number of aromatic nitrogens is 4. The standard InChI is InChI=1S/C27H38N4O2Si/c1-18(2)34(19(3)4,20(5)6)15-13-24-22-16-21(23-17-28-30(7)27(23)32)11-12-25(22)31(29-24)26-10-8-9-14-33-26/h11-12,16-20,26,28H,8-10,14H2,1-7H3. The zero-order valence-electron chi connectivity index (χ0n) is 21.6. The summed E-state index contributed by atoms with van der Waals surface area (Å²) in [6, 6.07) is 6.13. The number of fused-ring (bicyclic) bond motifs is 1. The molecule has 1 N–H and O–H groups in total. The Bertz CT molecular complexity index is 1260. The minimum absolute atomic E-state index is 0.0409. The van der Waals surface area contributed by atoms with Gasteiger partial charge in [-0.15, -0.1) is 5.54 Å². The number of rotatable bonds is 5. The molecule has 2 aromatic heterocycles. The quantitative estimate of drug-likeness (QED) is 0.361. The van der Waals surface area contributed by atoms with Gasteiger partial charge in [-0.05, 0) is 53.6 Å². The van der Waals surface area contributed by atoms with Crippen LogP contribution in [-0.4, -0.2) is 34.2 Å². The van der Waals surface area contributed by atoms with Crippen molar-refractivity contribution >= 4 is 19.0 Å². The monoisotopic (exact) mass is 478 g/mol. The van der Waals surface area contributed by atoms with Crippen molar-refractivity contribution in [1.29, 1.82) is 0 Å². The largest absolute Gasteiger partial charge is 0.356 e. The lowest BCUT2D eigenvalue weighted by atomic mass is 10.1. The van der Waals surface area contributed by atoms with Crippen molar-refractivity contribution in [3.63, 3.8) is 0 Å². The van der Waals surface area contributed by atoms with Crippen LogP contribution in [0.5, 0.6) is 0 Å². The van der Waals surface area contributed by atoms with Gasteiger partial charge in [-0.3, -0.25) is 9.48 Å². The third-order valence-corrected chi connectivity index (χ3v) is 13.9. The topological polar surface area (TPSA) is 64.8 Å². The van der Waals surface area contributed by atoms with Crippen LogP contribution in [0.2, 0.25) is 16.6 Å². The smallest absolute Gasteiger partial charge is 0.274 e. The molecule has 1 saturated heterocycles. The van der Waals surface area contributed by atoms with E-state index in [2.05, 4.69) is 70.2 Å². The summed E-state index contributed by atoms with van der Waals surface area (Å²) in [6.45, 7) is 14.7. The third-order valence-electron chi connectivity index (χ3n) is 7.65. The molecule has 1 fully saturated rings. The fourth-order valence-electron chi connectivity index (χ4n) is 5.81. The number of hydrogen-bond acceptors (Lipinski definition) is 3. The van der Waals surface area contributed by atoms with E-state index in [1.54, 1.807) is 13.2 Å². The molecule has 3 heterocycles. The van der Waals surface area contributed by atoms with Crippen LogP contribution in [0.1, 0.15) is 72.7 Å². The summed E-state index contributed by atoms with van der Waals surface area (Å²) in [4.78, 5) is 12.6. The molecule has 1 aliphatic heterocycles. The van der Waals surface area contributed by atoms with Crippen LogP contribution in [-0.2, 0) is 11.8 Å². The molecule has 0 amide bonds. The van der Waals surface area contributed by atoms with Gasteiger partial charge in [0.05, 0.1) is 11.1 Å². The van der Waals surface area contributed by atoms with E-state index in [0.717, 1.165) is 48.0 Å². The molecule has 4 rings (SSSR count).